The van der Waals surface area contributed by atoms with Crippen molar-refractivity contribution in [3.05, 3.63) is 29.6 Å². The molecule has 1 fully saturated rings. The molecule has 104 valence electrons. The summed E-state index contributed by atoms with van der Waals surface area (Å²) in [5.41, 5.74) is 0.216. The summed E-state index contributed by atoms with van der Waals surface area (Å²) in [6.07, 6.45) is -0.247. The second-order valence-corrected chi connectivity index (χ2v) is 4.84. The SMILES string of the molecule is COc1ccc(C(=O)C2CCC(F)(F)CC2)cc1F. The topological polar surface area (TPSA) is 26.3 Å². The van der Waals surface area contributed by atoms with Gasteiger partial charge in [0.1, 0.15) is 0 Å². The van der Waals surface area contributed by atoms with Crippen LogP contribution in [0.1, 0.15) is 36.0 Å². The highest BCUT2D eigenvalue weighted by molar-refractivity contribution is 5.98. The maximum absolute atomic E-state index is 13.5. The smallest absolute Gasteiger partial charge is 0.248 e. The number of hydrogen-bond donors (Lipinski definition) is 0. The van der Waals surface area contributed by atoms with Crippen LogP contribution in [0.5, 0.6) is 5.75 Å². The van der Waals surface area contributed by atoms with Crippen molar-refractivity contribution in [3.63, 3.8) is 0 Å². The predicted octanol–water partition coefficient (Wildman–Crippen LogP) is 3.84. The maximum atomic E-state index is 13.5. The van der Waals surface area contributed by atoms with E-state index in [4.69, 9.17) is 4.74 Å². The van der Waals surface area contributed by atoms with Crippen molar-refractivity contribution in [1.82, 2.24) is 0 Å². The van der Waals surface area contributed by atoms with Crippen LogP contribution in [0.25, 0.3) is 0 Å². The summed E-state index contributed by atoms with van der Waals surface area (Å²) in [5, 5.41) is 0. The predicted molar refractivity (Wildman–Crippen MR) is 64.2 cm³/mol. The van der Waals surface area contributed by atoms with Gasteiger partial charge >= 0.3 is 0 Å². The van der Waals surface area contributed by atoms with E-state index in [1.54, 1.807) is 0 Å². The Morgan fingerprint density at radius 2 is 1.95 bits per heavy atom. The molecule has 0 heterocycles. The van der Waals surface area contributed by atoms with Gasteiger partial charge in [0.15, 0.2) is 17.3 Å². The summed E-state index contributed by atoms with van der Waals surface area (Å²) in [6.45, 7) is 0. The van der Waals surface area contributed by atoms with Crippen molar-refractivity contribution >= 4 is 5.78 Å². The Kier molecular flexibility index (Phi) is 3.83. The first-order valence-corrected chi connectivity index (χ1v) is 6.18. The summed E-state index contributed by atoms with van der Waals surface area (Å²) in [6, 6.07) is 3.95. The van der Waals surface area contributed by atoms with Crippen LogP contribution < -0.4 is 4.74 Å². The lowest BCUT2D eigenvalue weighted by Gasteiger charge is -2.27. The van der Waals surface area contributed by atoms with Gasteiger partial charge in [-0.25, -0.2) is 13.2 Å². The maximum Gasteiger partial charge on any atom is 0.248 e. The summed E-state index contributed by atoms with van der Waals surface area (Å²) in [7, 11) is 1.34. The average molecular weight is 272 g/mol. The van der Waals surface area contributed by atoms with Gasteiger partial charge in [-0.2, -0.15) is 0 Å². The van der Waals surface area contributed by atoms with E-state index in [-0.39, 0.29) is 42.8 Å². The zero-order chi connectivity index (χ0) is 14.0. The van der Waals surface area contributed by atoms with Gasteiger partial charge in [0.05, 0.1) is 7.11 Å². The molecule has 0 saturated heterocycles. The zero-order valence-electron chi connectivity index (χ0n) is 10.6. The standard InChI is InChI=1S/C14H15F3O2/c1-19-12-3-2-10(8-11(12)15)13(18)9-4-6-14(16,17)7-5-9/h2-3,8-9H,4-7H2,1H3. The van der Waals surface area contributed by atoms with Gasteiger partial charge in [-0.1, -0.05) is 0 Å². The Morgan fingerprint density at radius 3 is 2.47 bits per heavy atom. The molecule has 0 spiro atoms. The Balaban J connectivity index is 2.10. The van der Waals surface area contributed by atoms with Crippen LogP contribution in [0.15, 0.2) is 18.2 Å². The van der Waals surface area contributed by atoms with E-state index in [1.165, 1.54) is 19.2 Å². The Morgan fingerprint density at radius 1 is 1.32 bits per heavy atom. The van der Waals surface area contributed by atoms with E-state index in [0.717, 1.165) is 6.07 Å². The van der Waals surface area contributed by atoms with Crippen molar-refractivity contribution in [2.75, 3.05) is 7.11 Å². The minimum Gasteiger partial charge on any atom is -0.494 e. The fourth-order valence-electron chi connectivity index (χ4n) is 2.36. The first-order chi connectivity index (χ1) is 8.93. The molecule has 0 bridgehead atoms. The molecule has 1 saturated carbocycles. The first-order valence-electron chi connectivity index (χ1n) is 6.18. The third kappa shape index (κ3) is 3.08. The van der Waals surface area contributed by atoms with Gasteiger partial charge in [-0.05, 0) is 31.0 Å². The van der Waals surface area contributed by atoms with E-state index in [1.807, 2.05) is 0 Å². The van der Waals surface area contributed by atoms with Crippen molar-refractivity contribution in [3.8, 4) is 5.75 Å². The lowest BCUT2D eigenvalue weighted by Crippen LogP contribution is -2.28. The summed E-state index contributed by atoms with van der Waals surface area (Å²) in [5.74, 6) is -3.92. The summed E-state index contributed by atoms with van der Waals surface area (Å²) < 4.78 is 44.3. The first kappa shape index (κ1) is 13.9. The monoisotopic (exact) mass is 272 g/mol. The Hall–Kier alpha value is -1.52. The number of rotatable bonds is 3. The Labute approximate surface area is 109 Å². The number of Topliss-reactive ketones (excluding diaryl/α,β-unsaturated/α-hetero) is 1. The van der Waals surface area contributed by atoms with Gasteiger partial charge in [0.2, 0.25) is 5.92 Å². The van der Waals surface area contributed by atoms with Crippen molar-refractivity contribution in [2.24, 2.45) is 5.92 Å². The van der Waals surface area contributed by atoms with E-state index < -0.39 is 17.7 Å². The molecule has 0 amide bonds. The highest BCUT2D eigenvalue weighted by atomic mass is 19.3. The zero-order valence-corrected chi connectivity index (χ0v) is 10.6. The highest BCUT2D eigenvalue weighted by Gasteiger charge is 2.37. The number of carbonyl (C=O) groups is 1. The molecule has 1 aromatic carbocycles. The van der Waals surface area contributed by atoms with Gasteiger partial charge in [0, 0.05) is 24.3 Å². The van der Waals surface area contributed by atoms with Crippen LogP contribution in [-0.2, 0) is 0 Å². The molecular formula is C14H15F3O2. The fourth-order valence-corrected chi connectivity index (χ4v) is 2.36. The lowest BCUT2D eigenvalue weighted by atomic mass is 9.82. The van der Waals surface area contributed by atoms with Gasteiger partial charge in [-0.15, -0.1) is 0 Å². The van der Waals surface area contributed by atoms with Gasteiger partial charge < -0.3 is 4.74 Å². The summed E-state index contributed by atoms with van der Waals surface area (Å²) in [4.78, 5) is 12.1. The van der Waals surface area contributed by atoms with Crippen LogP contribution in [-0.4, -0.2) is 18.8 Å². The average Bonchev–Trinajstić information content (AvgIpc) is 2.38. The minimum atomic E-state index is -2.66. The molecule has 0 aromatic heterocycles. The molecule has 0 aliphatic heterocycles. The number of ether oxygens (including phenoxy) is 1. The number of hydrogen-bond acceptors (Lipinski definition) is 2. The number of methoxy groups -OCH3 is 1. The quantitative estimate of drug-likeness (QED) is 0.781. The minimum absolute atomic E-state index is 0.0618. The van der Waals surface area contributed by atoms with Gasteiger partial charge in [-0.3, -0.25) is 4.79 Å². The molecule has 0 radical (unpaired) electrons. The molecule has 19 heavy (non-hydrogen) atoms. The lowest BCUT2D eigenvalue weighted by molar-refractivity contribution is -0.0424. The summed E-state index contributed by atoms with van der Waals surface area (Å²) >= 11 is 0. The van der Waals surface area contributed by atoms with Gasteiger partial charge in [0.25, 0.3) is 0 Å². The molecule has 1 aliphatic rings. The van der Waals surface area contributed by atoms with Crippen molar-refractivity contribution in [1.29, 1.82) is 0 Å². The van der Waals surface area contributed by atoms with E-state index in [0.29, 0.717) is 0 Å². The second-order valence-electron chi connectivity index (χ2n) is 4.84. The molecule has 5 heteroatoms. The molecule has 1 aromatic rings. The largest absolute Gasteiger partial charge is 0.494 e. The molecule has 2 nitrogen and oxygen atoms in total. The number of ketones is 1. The van der Waals surface area contributed by atoms with Crippen LogP contribution in [0.3, 0.4) is 0 Å². The number of alkyl halides is 2. The molecule has 2 rings (SSSR count). The van der Waals surface area contributed by atoms with Crippen molar-refractivity contribution < 1.29 is 22.7 Å². The highest BCUT2D eigenvalue weighted by Crippen LogP contribution is 2.37. The third-order valence-electron chi connectivity index (χ3n) is 3.52. The number of halogens is 3. The van der Waals surface area contributed by atoms with Crippen LogP contribution >= 0.6 is 0 Å². The fraction of sp³-hybridized carbons (Fsp3) is 0.500. The van der Waals surface area contributed by atoms with Crippen LogP contribution in [0.2, 0.25) is 0 Å². The molecular weight excluding hydrogens is 257 g/mol. The molecule has 0 N–H and O–H groups in total. The molecule has 0 unspecified atom stereocenters. The van der Waals surface area contributed by atoms with E-state index >= 15 is 0 Å². The molecule has 0 atom stereocenters. The molecule has 1 aliphatic carbocycles. The third-order valence-corrected chi connectivity index (χ3v) is 3.52. The van der Waals surface area contributed by atoms with Crippen molar-refractivity contribution in [2.45, 2.75) is 31.6 Å². The second kappa shape index (κ2) is 5.23. The number of carbonyl (C=O) groups excluding carboxylic acids is 1. The van der Waals surface area contributed by atoms with E-state index in [9.17, 15) is 18.0 Å². The van der Waals surface area contributed by atoms with Crippen LogP contribution in [0, 0.1) is 11.7 Å². The normalized spacial score (nSPS) is 19.2. The van der Waals surface area contributed by atoms with Crippen LogP contribution in [0.4, 0.5) is 13.2 Å². The van der Waals surface area contributed by atoms with E-state index in [2.05, 4.69) is 0 Å². The number of benzene rings is 1. The Bertz CT molecular complexity index is 476.